The molecule has 1 saturated carbocycles. The molecule has 10 nitrogen and oxygen atoms in total. The van der Waals surface area contributed by atoms with Crippen LogP contribution in [0.4, 0.5) is 9.59 Å². The first kappa shape index (κ1) is 26.4. The van der Waals surface area contributed by atoms with Gasteiger partial charge in [0.05, 0.1) is 6.54 Å². The number of rotatable bonds is 8. The van der Waals surface area contributed by atoms with Gasteiger partial charge in [0.15, 0.2) is 0 Å². The van der Waals surface area contributed by atoms with Gasteiger partial charge in [0.25, 0.3) is 5.91 Å². The van der Waals surface area contributed by atoms with Crippen molar-refractivity contribution in [2.45, 2.75) is 77.0 Å². The van der Waals surface area contributed by atoms with Gasteiger partial charge in [0, 0.05) is 32.5 Å². The molecule has 2 aliphatic rings. The number of ether oxygens (including phenoxy) is 1. The number of carbonyl (C=O) groups is 4. The van der Waals surface area contributed by atoms with Crippen LogP contribution >= 0.6 is 0 Å². The van der Waals surface area contributed by atoms with E-state index in [1.807, 2.05) is 26.8 Å². The van der Waals surface area contributed by atoms with Crippen LogP contribution < -0.4 is 5.32 Å². The van der Waals surface area contributed by atoms with Gasteiger partial charge in [-0.25, -0.2) is 9.59 Å². The lowest BCUT2D eigenvalue weighted by Gasteiger charge is -2.35. The quantitative estimate of drug-likeness (QED) is 0.446. The Kier molecular flexibility index (Phi) is 8.34. The summed E-state index contributed by atoms with van der Waals surface area (Å²) < 4.78 is 5.52. The molecule has 5 amide bonds. The molecule has 2 fully saturated rings. The number of imide groups is 1. The van der Waals surface area contributed by atoms with Crippen LogP contribution in [-0.2, 0) is 20.9 Å². The molecule has 0 atom stereocenters. The number of hydrogen-bond acceptors (Lipinski definition) is 6. The Hall–Kier alpha value is -3.17. The lowest BCUT2D eigenvalue weighted by atomic mass is 9.81. The lowest BCUT2D eigenvalue weighted by Crippen LogP contribution is -2.49. The van der Waals surface area contributed by atoms with Gasteiger partial charge in [-0.05, 0) is 51.7 Å². The normalized spacial score (nSPS) is 17.6. The Morgan fingerprint density at radius 3 is 2.54 bits per heavy atom. The van der Waals surface area contributed by atoms with Gasteiger partial charge < -0.3 is 19.9 Å². The van der Waals surface area contributed by atoms with E-state index in [4.69, 9.17) is 4.74 Å². The molecule has 192 valence electrons. The Balaban J connectivity index is 1.51. The highest BCUT2D eigenvalue weighted by molar-refractivity contribution is 6.08. The molecule has 2 heterocycles. The first-order valence-corrected chi connectivity index (χ1v) is 12.3. The largest absolute Gasteiger partial charge is 0.444 e. The van der Waals surface area contributed by atoms with E-state index in [0.29, 0.717) is 38.9 Å². The van der Waals surface area contributed by atoms with Crippen LogP contribution in [-0.4, -0.2) is 81.4 Å². The molecule has 1 aliphatic carbocycles. The van der Waals surface area contributed by atoms with Crippen LogP contribution in [0.15, 0.2) is 24.5 Å². The number of hydrogen-bond donors (Lipinski definition) is 1. The Morgan fingerprint density at radius 2 is 1.91 bits per heavy atom. The molecule has 0 unspecified atom stereocenters. The second kappa shape index (κ2) is 11.0. The molecule has 10 heteroatoms. The van der Waals surface area contributed by atoms with Gasteiger partial charge in [0.2, 0.25) is 5.91 Å². The van der Waals surface area contributed by atoms with Crippen molar-refractivity contribution < 1.29 is 23.9 Å². The standard InChI is InChI=1S/C25H37N5O5/c1-24(2,3)35-23(34)29(17-19-10-8-13-26-16-19)15-9-14-27-20(31)18-30-21(32)25(28(4)22(30)33)11-6-5-7-12-25/h8,10,13,16H,5-7,9,11-12,14-15,17-18H2,1-4H3,(H,27,31). The molecule has 1 saturated heterocycles. The number of pyridine rings is 1. The van der Waals surface area contributed by atoms with Crippen LogP contribution in [0.1, 0.15) is 64.9 Å². The van der Waals surface area contributed by atoms with Crippen LogP contribution in [0.3, 0.4) is 0 Å². The number of likely N-dealkylation sites (N-methyl/N-ethyl adjacent to an activating group) is 1. The predicted molar refractivity (Wildman–Crippen MR) is 129 cm³/mol. The Morgan fingerprint density at radius 1 is 1.20 bits per heavy atom. The maximum Gasteiger partial charge on any atom is 0.410 e. The summed E-state index contributed by atoms with van der Waals surface area (Å²) in [4.78, 5) is 59.2. The van der Waals surface area contributed by atoms with Crippen molar-refractivity contribution in [3.8, 4) is 0 Å². The van der Waals surface area contributed by atoms with E-state index >= 15 is 0 Å². The number of nitrogens with one attached hydrogen (secondary N) is 1. The Labute approximate surface area is 207 Å². The highest BCUT2D eigenvalue weighted by Gasteiger charge is 2.55. The summed E-state index contributed by atoms with van der Waals surface area (Å²) in [6, 6.07) is 3.27. The SMILES string of the molecule is CN1C(=O)N(CC(=O)NCCCN(Cc2cccnc2)C(=O)OC(C)(C)C)C(=O)C12CCCCC2. The summed E-state index contributed by atoms with van der Waals surface area (Å²) in [5.74, 6) is -0.670. The van der Waals surface area contributed by atoms with Gasteiger partial charge in [-0.15, -0.1) is 0 Å². The lowest BCUT2D eigenvalue weighted by molar-refractivity contribution is -0.137. The van der Waals surface area contributed by atoms with Crippen LogP contribution in [0.25, 0.3) is 0 Å². The fraction of sp³-hybridized carbons (Fsp3) is 0.640. The van der Waals surface area contributed by atoms with Crippen LogP contribution in [0, 0.1) is 0 Å². The van der Waals surface area contributed by atoms with Gasteiger partial charge in [-0.1, -0.05) is 25.3 Å². The highest BCUT2D eigenvalue weighted by Crippen LogP contribution is 2.39. The van der Waals surface area contributed by atoms with E-state index < -0.39 is 29.2 Å². The number of carbonyl (C=O) groups excluding carboxylic acids is 4. The van der Waals surface area contributed by atoms with Gasteiger partial charge in [0.1, 0.15) is 17.7 Å². The minimum Gasteiger partial charge on any atom is -0.444 e. The summed E-state index contributed by atoms with van der Waals surface area (Å²) in [7, 11) is 1.65. The molecular weight excluding hydrogens is 450 g/mol. The zero-order valence-electron chi connectivity index (χ0n) is 21.2. The van der Waals surface area contributed by atoms with Gasteiger partial charge in [-0.2, -0.15) is 0 Å². The molecule has 35 heavy (non-hydrogen) atoms. The minimum atomic E-state index is -0.796. The van der Waals surface area contributed by atoms with Gasteiger partial charge in [-0.3, -0.25) is 19.5 Å². The van der Waals surface area contributed by atoms with Crippen molar-refractivity contribution in [1.82, 2.24) is 25.0 Å². The average Bonchev–Trinajstić information content (AvgIpc) is 2.97. The number of urea groups is 1. The summed E-state index contributed by atoms with van der Waals surface area (Å²) in [6.07, 6.45) is 7.54. The maximum atomic E-state index is 13.0. The zero-order chi connectivity index (χ0) is 25.6. The third-order valence-corrected chi connectivity index (χ3v) is 6.46. The van der Waals surface area contributed by atoms with Crippen molar-refractivity contribution in [2.24, 2.45) is 0 Å². The average molecular weight is 488 g/mol. The molecule has 1 aromatic rings. The number of aromatic nitrogens is 1. The van der Waals surface area contributed by atoms with E-state index in [1.54, 1.807) is 30.4 Å². The minimum absolute atomic E-state index is 0.271. The monoisotopic (exact) mass is 487 g/mol. The predicted octanol–water partition coefficient (Wildman–Crippen LogP) is 2.92. The zero-order valence-corrected chi connectivity index (χ0v) is 21.2. The summed E-state index contributed by atoms with van der Waals surface area (Å²) in [5.41, 5.74) is -0.555. The second-order valence-corrected chi connectivity index (χ2v) is 10.3. The molecule has 1 aliphatic heterocycles. The van der Waals surface area contributed by atoms with E-state index in [0.717, 1.165) is 29.7 Å². The van der Waals surface area contributed by atoms with Crippen LogP contribution in [0.5, 0.6) is 0 Å². The number of nitrogens with zero attached hydrogens (tertiary/aromatic N) is 4. The smallest absolute Gasteiger partial charge is 0.410 e. The fourth-order valence-corrected chi connectivity index (χ4v) is 4.64. The van der Waals surface area contributed by atoms with Crippen molar-refractivity contribution >= 4 is 23.9 Å². The van der Waals surface area contributed by atoms with Crippen molar-refractivity contribution in [3.05, 3.63) is 30.1 Å². The number of amides is 5. The third-order valence-electron chi connectivity index (χ3n) is 6.46. The summed E-state index contributed by atoms with van der Waals surface area (Å²) >= 11 is 0. The first-order valence-electron chi connectivity index (χ1n) is 12.3. The molecule has 1 N–H and O–H groups in total. The molecule has 0 aromatic carbocycles. The highest BCUT2D eigenvalue weighted by atomic mass is 16.6. The van der Waals surface area contributed by atoms with Crippen molar-refractivity contribution in [1.29, 1.82) is 0 Å². The van der Waals surface area contributed by atoms with Crippen molar-refractivity contribution in [3.63, 3.8) is 0 Å². The van der Waals surface area contributed by atoms with E-state index in [-0.39, 0.29) is 12.5 Å². The first-order chi connectivity index (χ1) is 16.5. The second-order valence-electron chi connectivity index (χ2n) is 10.3. The fourth-order valence-electron chi connectivity index (χ4n) is 4.64. The summed E-state index contributed by atoms with van der Waals surface area (Å²) in [5, 5.41) is 2.77. The van der Waals surface area contributed by atoms with E-state index in [1.165, 1.54) is 4.90 Å². The molecule has 0 bridgehead atoms. The molecule has 1 spiro atoms. The molecular formula is C25H37N5O5. The van der Waals surface area contributed by atoms with Crippen LogP contribution in [0.2, 0.25) is 0 Å². The topological polar surface area (TPSA) is 112 Å². The van der Waals surface area contributed by atoms with Crippen molar-refractivity contribution in [2.75, 3.05) is 26.7 Å². The molecule has 3 rings (SSSR count). The molecule has 0 radical (unpaired) electrons. The summed E-state index contributed by atoms with van der Waals surface area (Å²) in [6.45, 7) is 6.12. The van der Waals surface area contributed by atoms with Gasteiger partial charge >= 0.3 is 12.1 Å². The van der Waals surface area contributed by atoms with E-state index in [9.17, 15) is 19.2 Å². The van der Waals surface area contributed by atoms with E-state index in [2.05, 4.69) is 10.3 Å². The Bertz CT molecular complexity index is 924. The molecule has 1 aromatic heterocycles. The maximum absolute atomic E-state index is 13.0. The third kappa shape index (κ3) is 6.49.